The van der Waals surface area contributed by atoms with E-state index in [1.807, 2.05) is 54.8 Å². The molecule has 140 valence electrons. The van der Waals surface area contributed by atoms with E-state index in [1.165, 1.54) is 6.08 Å². The first-order chi connectivity index (χ1) is 13.6. The summed E-state index contributed by atoms with van der Waals surface area (Å²) in [5.74, 6) is -0.767. The van der Waals surface area contributed by atoms with Gasteiger partial charge in [-0.15, -0.1) is 11.8 Å². The number of benzene rings is 2. The van der Waals surface area contributed by atoms with Crippen molar-refractivity contribution in [3.8, 4) is 6.07 Å². The SMILES string of the molecule is CSc1ccc(C=CC(=O)OC/C(O)=C(\C#N)c2nc3ccccc3[nH]2)cc1. The number of carbonyl (C=O) groups excluding carboxylic acids is 1. The van der Waals surface area contributed by atoms with E-state index < -0.39 is 12.6 Å². The Morgan fingerprint density at radius 1 is 1.29 bits per heavy atom. The van der Waals surface area contributed by atoms with Crippen molar-refractivity contribution in [1.29, 1.82) is 5.26 Å². The quantitative estimate of drug-likeness (QED) is 0.213. The Balaban J connectivity index is 1.66. The number of carbonyl (C=O) groups is 1. The predicted molar refractivity (Wildman–Crippen MR) is 109 cm³/mol. The number of hydrogen-bond acceptors (Lipinski definition) is 6. The number of aliphatic hydroxyl groups excluding tert-OH is 1. The van der Waals surface area contributed by atoms with Gasteiger partial charge in [0.2, 0.25) is 0 Å². The summed E-state index contributed by atoms with van der Waals surface area (Å²) in [7, 11) is 0. The monoisotopic (exact) mass is 391 g/mol. The molecule has 2 aromatic carbocycles. The number of imidazole rings is 1. The minimum Gasteiger partial charge on any atom is -0.507 e. The Morgan fingerprint density at radius 3 is 2.71 bits per heavy atom. The van der Waals surface area contributed by atoms with Gasteiger partial charge in [0.1, 0.15) is 18.2 Å². The fourth-order valence-electron chi connectivity index (χ4n) is 2.46. The second-order valence-corrected chi connectivity index (χ2v) is 6.63. The van der Waals surface area contributed by atoms with Gasteiger partial charge in [-0.2, -0.15) is 5.26 Å². The molecule has 0 bridgehead atoms. The van der Waals surface area contributed by atoms with Crippen LogP contribution in [0.3, 0.4) is 0 Å². The summed E-state index contributed by atoms with van der Waals surface area (Å²) in [6.07, 6.45) is 4.88. The molecule has 0 saturated carbocycles. The van der Waals surface area contributed by atoms with Crippen LogP contribution >= 0.6 is 11.8 Å². The van der Waals surface area contributed by atoms with Crippen LogP contribution < -0.4 is 0 Å². The van der Waals surface area contributed by atoms with E-state index >= 15 is 0 Å². The summed E-state index contributed by atoms with van der Waals surface area (Å²) in [5, 5.41) is 19.5. The van der Waals surface area contributed by atoms with Crippen LogP contribution in [-0.4, -0.2) is 33.9 Å². The first-order valence-corrected chi connectivity index (χ1v) is 9.59. The number of rotatable bonds is 6. The zero-order chi connectivity index (χ0) is 19.9. The van der Waals surface area contributed by atoms with Crippen LogP contribution in [0, 0.1) is 11.3 Å². The van der Waals surface area contributed by atoms with E-state index in [9.17, 15) is 15.2 Å². The summed E-state index contributed by atoms with van der Waals surface area (Å²) in [6.45, 7) is -0.422. The molecule has 1 heterocycles. The maximum Gasteiger partial charge on any atom is 0.331 e. The standard InChI is InChI=1S/C21H17N3O3S/c1-28-15-9-6-14(7-10-15)8-11-20(26)27-13-19(25)16(12-22)21-23-17-4-2-3-5-18(17)24-21/h2-11,25H,13H2,1H3,(H,23,24)/b11-8?,19-16-. The van der Waals surface area contributed by atoms with Gasteiger partial charge in [-0.1, -0.05) is 24.3 Å². The zero-order valence-corrected chi connectivity index (χ0v) is 15.9. The van der Waals surface area contributed by atoms with E-state index in [0.717, 1.165) is 16.0 Å². The number of para-hydroxylation sites is 2. The van der Waals surface area contributed by atoms with E-state index in [0.29, 0.717) is 5.52 Å². The molecule has 7 heteroatoms. The summed E-state index contributed by atoms with van der Waals surface area (Å²) in [4.78, 5) is 20.2. The third-order valence-electron chi connectivity index (χ3n) is 3.91. The zero-order valence-electron chi connectivity index (χ0n) is 15.0. The average molecular weight is 391 g/mol. The Kier molecular flexibility index (Phi) is 6.14. The highest BCUT2D eigenvalue weighted by molar-refractivity contribution is 7.98. The highest BCUT2D eigenvalue weighted by Gasteiger charge is 2.14. The number of fused-ring (bicyclic) bond motifs is 1. The number of ether oxygens (including phenoxy) is 1. The molecule has 6 nitrogen and oxygen atoms in total. The largest absolute Gasteiger partial charge is 0.507 e. The first kappa shape index (κ1) is 19.3. The molecule has 0 fully saturated rings. The smallest absolute Gasteiger partial charge is 0.331 e. The lowest BCUT2D eigenvalue weighted by molar-refractivity contribution is -0.137. The number of thioether (sulfide) groups is 1. The van der Waals surface area contributed by atoms with Crippen molar-refractivity contribution in [2.75, 3.05) is 12.9 Å². The van der Waals surface area contributed by atoms with Crippen molar-refractivity contribution in [1.82, 2.24) is 9.97 Å². The van der Waals surface area contributed by atoms with Crippen LogP contribution in [0.4, 0.5) is 0 Å². The van der Waals surface area contributed by atoms with Gasteiger partial charge in [0.05, 0.1) is 11.0 Å². The lowest BCUT2D eigenvalue weighted by Crippen LogP contribution is -2.06. The average Bonchev–Trinajstić information content (AvgIpc) is 3.15. The van der Waals surface area contributed by atoms with Gasteiger partial charge < -0.3 is 14.8 Å². The highest BCUT2D eigenvalue weighted by atomic mass is 32.2. The summed E-state index contributed by atoms with van der Waals surface area (Å²) in [5.41, 5.74) is 2.20. The molecule has 0 aliphatic rings. The van der Waals surface area contributed by atoms with Gasteiger partial charge >= 0.3 is 5.97 Å². The van der Waals surface area contributed by atoms with Gasteiger partial charge in [-0.25, -0.2) is 9.78 Å². The molecule has 0 amide bonds. The number of nitrogens with one attached hydrogen (secondary N) is 1. The molecule has 0 aliphatic carbocycles. The van der Waals surface area contributed by atoms with Crippen LogP contribution in [-0.2, 0) is 9.53 Å². The van der Waals surface area contributed by atoms with Gasteiger partial charge in [0.25, 0.3) is 0 Å². The fourth-order valence-corrected chi connectivity index (χ4v) is 2.87. The molecule has 28 heavy (non-hydrogen) atoms. The van der Waals surface area contributed by atoms with Gasteiger partial charge in [0, 0.05) is 11.0 Å². The van der Waals surface area contributed by atoms with Crippen molar-refractivity contribution in [2.45, 2.75) is 4.90 Å². The van der Waals surface area contributed by atoms with E-state index in [-0.39, 0.29) is 17.2 Å². The van der Waals surface area contributed by atoms with E-state index in [1.54, 1.807) is 23.9 Å². The second-order valence-electron chi connectivity index (χ2n) is 5.75. The molecule has 0 saturated heterocycles. The molecule has 0 radical (unpaired) electrons. The van der Waals surface area contributed by atoms with Crippen LogP contribution in [0.2, 0.25) is 0 Å². The van der Waals surface area contributed by atoms with Crippen LogP contribution in [0.15, 0.2) is 65.3 Å². The molecule has 0 spiro atoms. The Bertz CT molecular complexity index is 1060. The lowest BCUT2D eigenvalue weighted by Gasteiger charge is -2.03. The summed E-state index contributed by atoms with van der Waals surface area (Å²) >= 11 is 1.63. The van der Waals surface area contributed by atoms with Crippen LogP contribution in [0.1, 0.15) is 11.4 Å². The summed E-state index contributed by atoms with van der Waals surface area (Å²) < 4.78 is 5.02. The van der Waals surface area contributed by atoms with Crippen molar-refractivity contribution < 1.29 is 14.6 Å². The maximum atomic E-state index is 11.9. The number of aromatic amines is 1. The molecule has 1 aromatic heterocycles. The number of nitrogens with zero attached hydrogens (tertiary/aromatic N) is 2. The molecule has 3 aromatic rings. The number of nitriles is 1. The molecule has 0 atom stereocenters. The maximum absolute atomic E-state index is 11.9. The number of esters is 1. The highest BCUT2D eigenvalue weighted by Crippen LogP contribution is 2.19. The minimum atomic E-state index is -0.623. The second kappa shape index (κ2) is 8.93. The normalized spacial score (nSPS) is 12.0. The lowest BCUT2D eigenvalue weighted by atomic mass is 10.2. The third-order valence-corrected chi connectivity index (χ3v) is 4.65. The fraction of sp³-hybridized carbons (Fsp3) is 0.0952. The molecule has 2 N–H and O–H groups in total. The van der Waals surface area contributed by atoms with Gasteiger partial charge in [-0.3, -0.25) is 0 Å². The Hall–Kier alpha value is -3.50. The van der Waals surface area contributed by atoms with Crippen molar-refractivity contribution in [3.63, 3.8) is 0 Å². The molecular weight excluding hydrogens is 374 g/mol. The van der Waals surface area contributed by atoms with Crippen LogP contribution in [0.5, 0.6) is 0 Å². The van der Waals surface area contributed by atoms with Crippen molar-refractivity contribution in [3.05, 3.63) is 71.8 Å². The first-order valence-electron chi connectivity index (χ1n) is 8.37. The topological polar surface area (TPSA) is 99.0 Å². The Morgan fingerprint density at radius 2 is 2.04 bits per heavy atom. The number of aromatic nitrogens is 2. The Labute approximate surface area is 166 Å². The number of hydrogen-bond donors (Lipinski definition) is 2. The number of allylic oxidation sites excluding steroid dienone is 1. The van der Waals surface area contributed by atoms with E-state index in [2.05, 4.69) is 9.97 Å². The third kappa shape index (κ3) is 4.61. The number of aliphatic hydroxyl groups is 1. The van der Waals surface area contributed by atoms with Gasteiger partial charge in [0.15, 0.2) is 11.6 Å². The van der Waals surface area contributed by atoms with E-state index in [4.69, 9.17) is 4.74 Å². The predicted octanol–water partition coefficient (Wildman–Crippen LogP) is 4.33. The molecule has 0 aliphatic heterocycles. The minimum absolute atomic E-state index is 0.0689. The van der Waals surface area contributed by atoms with Crippen LogP contribution in [0.25, 0.3) is 22.7 Å². The number of H-pyrrole nitrogens is 1. The molecule has 3 rings (SSSR count). The van der Waals surface area contributed by atoms with Crippen molar-refractivity contribution >= 4 is 40.4 Å². The van der Waals surface area contributed by atoms with Crippen molar-refractivity contribution in [2.24, 2.45) is 0 Å². The summed E-state index contributed by atoms with van der Waals surface area (Å²) in [6, 6.07) is 16.9. The molecular formula is C21H17N3O3S. The molecule has 0 unspecified atom stereocenters. The van der Waals surface area contributed by atoms with Gasteiger partial charge in [-0.05, 0) is 42.2 Å².